The molecular formula is C13H10N4O. The maximum atomic E-state index is 5.50. The molecule has 0 fully saturated rings. The minimum absolute atomic E-state index is 0.340. The Labute approximate surface area is 103 Å². The van der Waals surface area contributed by atoms with Crippen LogP contribution >= 0.6 is 0 Å². The maximum absolute atomic E-state index is 5.50. The molecule has 5 heteroatoms. The van der Waals surface area contributed by atoms with E-state index < -0.39 is 0 Å². The van der Waals surface area contributed by atoms with Crippen molar-refractivity contribution in [3.05, 3.63) is 55.0 Å². The molecule has 3 rings (SSSR count). The van der Waals surface area contributed by atoms with Gasteiger partial charge in [-0.3, -0.25) is 5.10 Å². The number of benzene rings is 1. The Kier molecular flexibility index (Phi) is 2.71. The molecule has 0 saturated heterocycles. The average molecular weight is 238 g/mol. The molecule has 3 aromatic rings. The Bertz CT molecular complexity index is 605. The number of rotatable bonds is 3. The number of aromatic nitrogens is 4. The molecule has 0 atom stereocenters. The van der Waals surface area contributed by atoms with Crippen LogP contribution in [0.4, 0.5) is 0 Å². The van der Waals surface area contributed by atoms with E-state index in [9.17, 15) is 0 Å². The van der Waals surface area contributed by atoms with Crippen molar-refractivity contribution < 1.29 is 4.74 Å². The van der Waals surface area contributed by atoms with Crippen LogP contribution in [0.3, 0.4) is 0 Å². The third-order valence-corrected chi connectivity index (χ3v) is 2.42. The van der Waals surface area contributed by atoms with E-state index in [4.69, 9.17) is 4.74 Å². The van der Waals surface area contributed by atoms with Crippen LogP contribution in [0.25, 0.3) is 11.3 Å². The molecule has 0 saturated carbocycles. The van der Waals surface area contributed by atoms with Crippen LogP contribution in [-0.2, 0) is 0 Å². The summed E-state index contributed by atoms with van der Waals surface area (Å²) in [6, 6.07) is 11.6. The van der Waals surface area contributed by atoms with Gasteiger partial charge in [-0.2, -0.15) is 5.10 Å². The zero-order valence-corrected chi connectivity index (χ0v) is 9.45. The van der Waals surface area contributed by atoms with Crippen molar-refractivity contribution in [2.24, 2.45) is 0 Å². The second-order valence-electron chi connectivity index (χ2n) is 3.63. The summed E-state index contributed by atoms with van der Waals surface area (Å²) < 4.78 is 5.50. The van der Waals surface area contributed by atoms with Crippen molar-refractivity contribution in [3.8, 4) is 23.0 Å². The average Bonchev–Trinajstić information content (AvgIpc) is 2.95. The third kappa shape index (κ3) is 2.20. The minimum Gasteiger partial charge on any atom is -0.424 e. The Hall–Kier alpha value is -2.69. The largest absolute Gasteiger partial charge is 0.424 e. The van der Waals surface area contributed by atoms with Gasteiger partial charge in [0.1, 0.15) is 5.75 Å². The van der Waals surface area contributed by atoms with Crippen LogP contribution in [0.1, 0.15) is 0 Å². The van der Waals surface area contributed by atoms with Crippen LogP contribution in [0.2, 0.25) is 0 Å². The van der Waals surface area contributed by atoms with Gasteiger partial charge in [-0.05, 0) is 42.0 Å². The summed E-state index contributed by atoms with van der Waals surface area (Å²) in [6.07, 6.45) is 5.00. The molecule has 2 aromatic heterocycles. The lowest BCUT2D eigenvalue weighted by atomic mass is 10.1. The van der Waals surface area contributed by atoms with E-state index in [2.05, 4.69) is 20.2 Å². The van der Waals surface area contributed by atoms with E-state index >= 15 is 0 Å². The monoisotopic (exact) mass is 238 g/mol. The summed E-state index contributed by atoms with van der Waals surface area (Å²) in [4.78, 5) is 7.99. The second kappa shape index (κ2) is 4.67. The van der Waals surface area contributed by atoms with Gasteiger partial charge in [-0.1, -0.05) is 0 Å². The molecule has 0 aliphatic heterocycles. The fraction of sp³-hybridized carbons (Fsp3) is 0. The topological polar surface area (TPSA) is 63.7 Å². The molecule has 0 radical (unpaired) electrons. The Morgan fingerprint density at radius 3 is 2.33 bits per heavy atom. The van der Waals surface area contributed by atoms with E-state index in [1.165, 1.54) is 0 Å². The fourth-order valence-corrected chi connectivity index (χ4v) is 1.56. The number of H-pyrrole nitrogens is 1. The van der Waals surface area contributed by atoms with Crippen molar-refractivity contribution in [2.45, 2.75) is 0 Å². The molecule has 5 nitrogen and oxygen atoms in total. The molecule has 1 N–H and O–H groups in total. The first-order valence-corrected chi connectivity index (χ1v) is 5.46. The molecular weight excluding hydrogens is 228 g/mol. The highest BCUT2D eigenvalue weighted by Crippen LogP contribution is 2.22. The van der Waals surface area contributed by atoms with Gasteiger partial charge in [-0.15, -0.1) is 0 Å². The van der Waals surface area contributed by atoms with Gasteiger partial charge in [0.2, 0.25) is 0 Å². The van der Waals surface area contributed by atoms with Gasteiger partial charge in [0.15, 0.2) is 0 Å². The fourth-order valence-electron chi connectivity index (χ4n) is 1.56. The Morgan fingerprint density at radius 1 is 0.889 bits per heavy atom. The molecule has 0 aliphatic rings. The van der Waals surface area contributed by atoms with E-state index in [1.54, 1.807) is 24.7 Å². The highest BCUT2D eigenvalue weighted by atomic mass is 16.5. The molecule has 0 amide bonds. The Balaban J connectivity index is 1.80. The molecule has 0 unspecified atom stereocenters. The van der Waals surface area contributed by atoms with Crippen molar-refractivity contribution in [2.75, 3.05) is 0 Å². The number of hydrogen-bond donors (Lipinski definition) is 1. The van der Waals surface area contributed by atoms with Gasteiger partial charge in [0.25, 0.3) is 0 Å². The number of nitrogens with zero attached hydrogens (tertiary/aromatic N) is 3. The number of aromatic amines is 1. The van der Waals surface area contributed by atoms with Crippen LogP contribution in [0, 0.1) is 0 Å². The van der Waals surface area contributed by atoms with Crippen LogP contribution in [0.15, 0.2) is 55.0 Å². The summed E-state index contributed by atoms with van der Waals surface area (Å²) in [5, 5.41) is 6.82. The van der Waals surface area contributed by atoms with Crippen molar-refractivity contribution in [3.63, 3.8) is 0 Å². The van der Waals surface area contributed by atoms with E-state index in [1.807, 2.05) is 30.3 Å². The highest BCUT2D eigenvalue weighted by molar-refractivity contribution is 5.59. The first kappa shape index (κ1) is 10.5. The summed E-state index contributed by atoms with van der Waals surface area (Å²) in [5.74, 6) is 0.699. The Morgan fingerprint density at radius 2 is 1.67 bits per heavy atom. The summed E-state index contributed by atoms with van der Waals surface area (Å²) in [6.45, 7) is 0. The van der Waals surface area contributed by atoms with Crippen molar-refractivity contribution in [1.29, 1.82) is 0 Å². The van der Waals surface area contributed by atoms with Gasteiger partial charge < -0.3 is 4.74 Å². The molecule has 0 bridgehead atoms. The molecule has 18 heavy (non-hydrogen) atoms. The lowest BCUT2D eigenvalue weighted by molar-refractivity contribution is 0.442. The molecule has 1 aromatic carbocycles. The summed E-state index contributed by atoms with van der Waals surface area (Å²) in [5.41, 5.74) is 2.02. The number of hydrogen-bond acceptors (Lipinski definition) is 4. The molecule has 0 aliphatic carbocycles. The smallest absolute Gasteiger partial charge is 0.321 e. The third-order valence-electron chi connectivity index (χ3n) is 2.42. The van der Waals surface area contributed by atoms with Gasteiger partial charge in [-0.25, -0.2) is 9.97 Å². The zero-order valence-electron chi connectivity index (χ0n) is 9.45. The van der Waals surface area contributed by atoms with E-state index in [-0.39, 0.29) is 0 Å². The van der Waals surface area contributed by atoms with E-state index in [0.29, 0.717) is 11.8 Å². The predicted octanol–water partition coefficient (Wildman–Crippen LogP) is 2.66. The van der Waals surface area contributed by atoms with Crippen LogP contribution in [-0.4, -0.2) is 20.2 Å². The van der Waals surface area contributed by atoms with Crippen molar-refractivity contribution in [1.82, 2.24) is 20.2 Å². The minimum atomic E-state index is 0.340. The van der Waals surface area contributed by atoms with Gasteiger partial charge in [0, 0.05) is 18.6 Å². The predicted molar refractivity (Wildman–Crippen MR) is 66.1 cm³/mol. The zero-order chi connectivity index (χ0) is 12.2. The lowest BCUT2D eigenvalue weighted by Gasteiger charge is -2.03. The van der Waals surface area contributed by atoms with Gasteiger partial charge >= 0.3 is 6.01 Å². The maximum Gasteiger partial charge on any atom is 0.321 e. The molecule has 2 heterocycles. The quantitative estimate of drug-likeness (QED) is 0.761. The lowest BCUT2D eigenvalue weighted by Crippen LogP contribution is -1.89. The highest BCUT2D eigenvalue weighted by Gasteiger charge is 2.01. The number of ether oxygens (including phenoxy) is 1. The standard InChI is InChI=1S/C13H10N4O/c1-7-14-13(15-8-1)18-11-4-2-10(3-5-11)12-6-9-16-17-12/h1-9H,(H,16,17). The first-order chi connectivity index (χ1) is 8.92. The molecule has 0 spiro atoms. The van der Waals surface area contributed by atoms with E-state index in [0.717, 1.165) is 11.3 Å². The second-order valence-corrected chi connectivity index (χ2v) is 3.63. The number of nitrogens with one attached hydrogen (secondary N) is 1. The first-order valence-electron chi connectivity index (χ1n) is 5.46. The SMILES string of the molecule is c1cnc(Oc2ccc(-c3ccn[nH]3)cc2)nc1. The van der Waals surface area contributed by atoms with Crippen molar-refractivity contribution >= 4 is 0 Å². The summed E-state index contributed by atoms with van der Waals surface area (Å²) >= 11 is 0. The van der Waals surface area contributed by atoms with Crippen LogP contribution in [0.5, 0.6) is 11.8 Å². The summed E-state index contributed by atoms with van der Waals surface area (Å²) in [7, 11) is 0. The van der Waals surface area contributed by atoms with Crippen LogP contribution < -0.4 is 4.74 Å². The van der Waals surface area contributed by atoms with Gasteiger partial charge in [0.05, 0.1) is 5.69 Å². The molecule has 88 valence electrons. The normalized spacial score (nSPS) is 10.2.